The van der Waals surface area contributed by atoms with Gasteiger partial charge in [0, 0.05) is 12.1 Å². The quantitative estimate of drug-likeness (QED) is 0.681. The summed E-state index contributed by atoms with van der Waals surface area (Å²) in [7, 11) is 0. The van der Waals surface area contributed by atoms with Gasteiger partial charge in [-0.15, -0.1) is 5.10 Å². The van der Waals surface area contributed by atoms with Gasteiger partial charge in [-0.2, -0.15) is 0 Å². The molecule has 108 valence electrons. The van der Waals surface area contributed by atoms with Crippen LogP contribution in [0.5, 0.6) is 0 Å². The molecule has 0 saturated carbocycles. The number of carbonyl (C=O) groups excluding carboxylic acids is 1. The fourth-order valence-electron chi connectivity index (χ4n) is 1.22. The van der Waals surface area contributed by atoms with Crippen molar-refractivity contribution >= 4 is 11.9 Å². The number of aromatic nitrogens is 2. The molecule has 0 radical (unpaired) electrons. The van der Waals surface area contributed by atoms with Crippen LogP contribution in [-0.2, 0) is 11.3 Å². The van der Waals surface area contributed by atoms with E-state index in [0.29, 0.717) is 19.0 Å². The fourth-order valence-corrected chi connectivity index (χ4v) is 1.22. The molecule has 0 fully saturated rings. The lowest BCUT2D eigenvalue weighted by molar-refractivity contribution is -0.119. The lowest BCUT2D eigenvalue weighted by atomic mass is 10.1. The van der Waals surface area contributed by atoms with Gasteiger partial charge >= 0.3 is 6.01 Å². The van der Waals surface area contributed by atoms with E-state index in [9.17, 15) is 4.79 Å². The Kier molecular flexibility index (Phi) is 5.75. The highest BCUT2D eigenvalue weighted by atomic mass is 16.4. The van der Waals surface area contributed by atoms with E-state index in [0.717, 1.165) is 6.42 Å². The normalized spacial score (nSPS) is 11.4. The summed E-state index contributed by atoms with van der Waals surface area (Å²) in [6, 6.07) is 0.261. The number of nitrogens with one attached hydrogen (secondary N) is 3. The highest BCUT2D eigenvalue weighted by molar-refractivity contribution is 5.79. The monoisotopic (exact) mass is 269 g/mol. The zero-order valence-electron chi connectivity index (χ0n) is 12.0. The fraction of sp³-hybridized carbons (Fsp3) is 0.750. The number of amides is 1. The molecule has 7 nitrogen and oxygen atoms in total. The Morgan fingerprint density at radius 3 is 2.68 bits per heavy atom. The number of rotatable bonds is 7. The molecule has 0 atom stereocenters. The van der Waals surface area contributed by atoms with Gasteiger partial charge in [-0.3, -0.25) is 4.79 Å². The standard InChI is InChI=1S/C12H23N5O2/c1-5-6-13-9(18)7-14-11-17-16-10(19-11)8-15-12(2,3)4/h15H,5-8H2,1-4H3,(H,13,18)(H,14,17). The molecule has 1 aromatic rings. The number of hydrogen-bond acceptors (Lipinski definition) is 6. The van der Waals surface area contributed by atoms with E-state index in [1.807, 2.05) is 6.92 Å². The third-order valence-corrected chi connectivity index (χ3v) is 2.21. The molecule has 0 bridgehead atoms. The van der Waals surface area contributed by atoms with E-state index in [2.05, 4.69) is 46.9 Å². The molecular formula is C12H23N5O2. The minimum Gasteiger partial charge on any atom is -0.407 e. The number of carbonyl (C=O) groups is 1. The minimum atomic E-state index is -0.0885. The van der Waals surface area contributed by atoms with Crippen LogP contribution in [0.25, 0.3) is 0 Å². The van der Waals surface area contributed by atoms with Crippen molar-refractivity contribution in [2.24, 2.45) is 0 Å². The number of nitrogens with zero attached hydrogens (tertiary/aromatic N) is 2. The SMILES string of the molecule is CCCNC(=O)CNc1nnc(CNC(C)(C)C)o1. The maximum absolute atomic E-state index is 11.4. The third kappa shape index (κ3) is 6.76. The van der Waals surface area contributed by atoms with Crippen molar-refractivity contribution in [2.45, 2.75) is 46.2 Å². The van der Waals surface area contributed by atoms with Gasteiger partial charge in [0.15, 0.2) is 0 Å². The van der Waals surface area contributed by atoms with Crippen LogP contribution in [0.4, 0.5) is 6.01 Å². The average Bonchev–Trinajstić information content (AvgIpc) is 2.78. The lowest BCUT2D eigenvalue weighted by Crippen LogP contribution is -2.35. The Labute approximate surface area is 113 Å². The van der Waals surface area contributed by atoms with Crippen LogP contribution in [0.2, 0.25) is 0 Å². The van der Waals surface area contributed by atoms with Crippen molar-refractivity contribution in [3.05, 3.63) is 5.89 Å². The van der Waals surface area contributed by atoms with Crippen LogP contribution in [-0.4, -0.2) is 34.7 Å². The molecule has 3 N–H and O–H groups in total. The van der Waals surface area contributed by atoms with Crippen LogP contribution in [0.3, 0.4) is 0 Å². The summed E-state index contributed by atoms with van der Waals surface area (Å²) >= 11 is 0. The molecule has 0 aliphatic rings. The molecule has 0 saturated heterocycles. The molecule has 1 aromatic heterocycles. The van der Waals surface area contributed by atoms with Crippen LogP contribution >= 0.6 is 0 Å². The molecular weight excluding hydrogens is 246 g/mol. The van der Waals surface area contributed by atoms with Crippen molar-refractivity contribution in [1.29, 1.82) is 0 Å². The second-order valence-electron chi connectivity index (χ2n) is 5.31. The topological polar surface area (TPSA) is 92.1 Å². The molecule has 0 aromatic carbocycles. The van der Waals surface area contributed by atoms with Crippen LogP contribution in [0, 0.1) is 0 Å². The summed E-state index contributed by atoms with van der Waals surface area (Å²) in [6.45, 7) is 9.47. The van der Waals surface area contributed by atoms with Gasteiger partial charge in [0.25, 0.3) is 0 Å². The molecule has 1 heterocycles. The Bertz CT molecular complexity index is 397. The summed E-state index contributed by atoms with van der Waals surface area (Å²) < 4.78 is 5.36. The van der Waals surface area contributed by atoms with Gasteiger partial charge in [-0.05, 0) is 27.2 Å². The van der Waals surface area contributed by atoms with Crippen molar-refractivity contribution in [2.75, 3.05) is 18.4 Å². The second kappa shape index (κ2) is 7.08. The van der Waals surface area contributed by atoms with Gasteiger partial charge in [-0.1, -0.05) is 12.0 Å². The summed E-state index contributed by atoms with van der Waals surface area (Å²) in [5.74, 6) is 0.404. The van der Waals surface area contributed by atoms with Gasteiger partial charge < -0.3 is 20.4 Å². The molecule has 19 heavy (non-hydrogen) atoms. The first-order valence-electron chi connectivity index (χ1n) is 6.48. The summed E-state index contributed by atoms with van der Waals surface area (Å²) in [5.41, 5.74) is -0.0118. The first kappa shape index (κ1) is 15.4. The largest absolute Gasteiger partial charge is 0.407 e. The Balaban J connectivity index is 2.32. The maximum atomic E-state index is 11.4. The van der Waals surface area contributed by atoms with Crippen LogP contribution < -0.4 is 16.0 Å². The molecule has 1 amide bonds. The smallest absolute Gasteiger partial charge is 0.315 e. The predicted molar refractivity (Wildman–Crippen MR) is 72.7 cm³/mol. The molecule has 0 aliphatic carbocycles. The van der Waals surface area contributed by atoms with Crippen molar-refractivity contribution < 1.29 is 9.21 Å². The average molecular weight is 269 g/mol. The van der Waals surface area contributed by atoms with E-state index in [1.165, 1.54) is 0 Å². The van der Waals surface area contributed by atoms with E-state index < -0.39 is 0 Å². The summed E-state index contributed by atoms with van der Waals surface area (Å²) in [5, 5.41) is 16.5. The third-order valence-electron chi connectivity index (χ3n) is 2.21. The molecule has 7 heteroatoms. The molecule has 0 unspecified atom stereocenters. The molecule has 0 spiro atoms. The Morgan fingerprint density at radius 2 is 2.05 bits per heavy atom. The Morgan fingerprint density at radius 1 is 1.32 bits per heavy atom. The number of anilines is 1. The van der Waals surface area contributed by atoms with Gasteiger partial charge in [-0.25, -0.2) is 0 Å². The zero-order valence-corrected chi connectivity index (χ0v) is 12.0. The first-order chi connectivity index (χ1) is 8.90. The maximum Gasteiger partial charge on any atom is 0.315 e. The minimum absolute atomic E-state index is 0.0118. The molecule has 0 aliphatic heterocycles. The van der Waals surface area contributed by atoms with Gasteiger partial charge in [0.2, 0.25) is 11.8 Å². The first-order valence-corrected chi connectivity index (χ1v) is 6.48. The van der Waals surface area contributed by atoms with Crippen LogP contribution in [0.1, 0.15) is 40.0 Å². The van der Waals surface area contributed by atoms with E-state index in [1.54, 1.807) is 0 Å². The van der Waals surface area contributed by atoms with E-state index in [4.69, 9.17) is 4.42 Å². The summed E-state index contributed by atoms with van der Waals surface area (Å²) in [4.78, 5) is 11.4. The van der Waals surface area contributed by atoms with Crippen molar-refractivity contribution in [1.82, 2.24) is 20.8 Å². The van der Waals surface area contributed by atoms with Gasteiger partial charge in [0.1, 0.15) is 0 Å². The Hall–Kier alpha value is -1.63. The van der Waals surface area contributed by atoms with E-state index in [-0.39, 0.29) is 24.0 Å². The van der Waals surface area contributed by atoms with Crippen molar-refractivity contribution in [3.63, 3.8) is 0 Å². The second-order valence-corrected chi connectivity index (χ2v) is 5.31. The lowest BCUT2D eigenvalue weighted by Gasteiger charge is -2.18. The number of hydrogen-bond donors (Lipinski definition) is 3. The highest BCUT2D eigenvalue weighted by Crippen LogP contribution is 2.06. The zero-order chi connectivity index (χ0) is 14.3. The van der Waals surface area contributed by atoms with Crippen molar-refractivity contribution in [3.8, 4) is 0 Å². The highest BCUT2D eigenvalue weighted by Gasteiger charge is 2.12. The van der Waals surface area contributed by atoms with E-state index >= 15 is 0 Å². The van der Waals surface area contributed by atoms with Crippen LogP contribution in [0.15, 0.2) is 4.42 Å². The van der Waals surface area contributed by atoms with Gasteiger partial charge in [0.05, 0.1) is 13.1 Å². The summed E-state index contributed by atoms with van der Waals surface area (Å²) in [6.07, 6.45) is 0.912. The predicted octanol–water partition coefficient (Wildman–Crippen LogP) is 0.896. The molecule has 1 rings (SSSR count).